The number of ether oxygens (including phenoxy) is 1. The molecule has 1 rings (SSSR count). The Morgan fingerprint density at radius 1 is 1.57 bits per heavy atom. The Morgan fingerprint density at radius 3 is 2.64 bits per heavy atom. The van der Waals surface area contributed by atoms with Crippen molar-refractivity contribution >= 4 is 40.0 Å². The first-order valence-corrected chi connectivity index (χ1v) is 4.22. The average molecular weight is 283 g/mol. The molecule has 0 spiro atoms. The van der Waals surface area contributed by atoms with Crippen LogP contribution >= 0.6 is 28.3 Å². The molecule has 3 N–H and O–H groups in total. The van der Waals surface area contributed by atoms with Gasteiger partial charge in [0.25, 0.3) is 0 Å². The van der Waals surface area contributed by atoms with Crippen molar-refractivity contribution in [2.24, 2.45) is 0 Å². The molecule has 0 heterocycles. The minimum atomic E-state index is -0.599. The molecule has 0 saturated heterocycles. The number of rotatable bonds is 1. The van der Waals surface area contributed by atoms with E-state index in [9.17, 15) is 9.90 Å². The number of halogens is 2. The molecule has 14 heavy (non-hydrogen) atoms. The van der Waals surface area contributed by atoms with Crippen molar-refractivity contribution < 1.29 is 14.6 Å². The van der Waals surface area contributed by atoms with E-state index in [0.717, 1.165) is 0 Å². The molecule has 0 aliphatic rings. The van der Waals surface area contributed by atoms with Gasteiger partial charge < -0.3 is 15.6 Å². The molecular formula is C8H9BrClNO3. The highest BCUT2D eigenvalue weighted by atomic mass is 79.9. The summed E-state index contributed by atoms with van der Waals surface area (Å²) in [5, 5.41) is 9.32. The number of phenolic OH excluding ortho intramolecular Hbond substituents is 1. The van der Waals surface area contributed by atoms with E-state index in [4.69, 9.17) is 5.73 Å². The third kappa shape index (κ3) is 2.52. The van der Waals surface area contributed by atoms with Crippen LogP contribution in [0.5, 0.6) is 5.75 Å². The molecule has 0 saturated carbocycles. The zero-order valence-corrected chi connectivity index (χ0v) is 9.68. The van der Waals surface area contributed by atoms with E-state index < -0.39 is 5.97 Å². The molecule has 6 heteroatoms. The fourth-order valence-corrected chi connectivity index (χ4v) is 1.19. The number of carbonyl (C=O) groups excluding carboxylic acids is 1. The molecule has 0 atom stereocenters. The quantitative estimate of drug-likeness (QED) is 0.610. The van der Waals surface area contributed by atoms with Crippen LogP contribution in [0.4, 0.5) is 5.69 Å². The van der Waals surface area contributed by atoms with Gasteiger partial charge >= 0.3 is 5.97 Å². The van der Waals surface area contributed by atoms with E-state index >= 15 is 0 Å². The Hall–Kier alpha value is -0.940. The van der Waals surface area contributed by atoms with Crippen molar-refractivity contribution in [3.63, 3.8) is 0 Å². The lowest BCUT2D eigenvalue weighted by Gasteiger charge is -2.04. The summed E-state index contributed by atoms with van der Waals surface area (Å²) in [5.74, 6) is -0.786. The Bertz CT molecular complexity index is 357. The van der Waals surface area contributed by atoms with Gasteiger partial charge in [-0.3, -0.25) is 0 Å². The maximum absolute atomic E-state index is 11.1. The van der Waals surface area contributed by atoms with Crippen molar-refractivity contribution in [3.8, 4) is 5.75 Å². The minimum Gasteiger partial charge on any atom is -0.507 e. The van der Waals surface area contributed by atoms with Crippen molar-refractivity contribution in [3.05, 3.63) is 22.2 Å². The normalized spacial score (nSPS) is 9.00. The zero-order valence-electron chi connectivity index (χ0n) is 7.28. The Balaban J connectivity index is 0.00000169. The molecule has 0 aliphatic carbocycles. The summed E-state index contributed by atoms with van der Waals surface area (Å²) < 4.78 is 5.00. The molecule has 0 amide bonds. The van der Waals surface area contributed by atoms with Crippen LogP contribution < -0.4 is 5.73 Å². The van der Waals surface area contributed by atoms with Crippen molar-refractivity contribution in [2.75, 3.05) is 12.8 Å². The number of esters is 1. The zero-order chi connectivity index (χ0) is 10.0. The second-order valence-corrected chi connectivity index (χ2v) is 3.24. The molecule has 0 aromatic heterocycles. The minimum absolute atomic E-state index is 0. The third-order valence-electron chi connectivity index (χ3n) is 1.52. The van der Waals surface area contributed by atoms with Crippen LogP contribution in [0.3, 0.4) is 0 Å². The van der Waals surface area contributed by atoms with E-state index in [1.807, 2.05) is 0 Å². The summed E-state index contributed by atoms with van der Waals surface area (Å²) in [6, 6.07) is 2.70. The number of hydrogen-bond acceptors (Lipinski definition) is 4. The Kier molecular flexibility index (Phi) is 4.73. The monoisotopic (exact) mass is 281 g/mol. The first-order valence-electron chi connectivity index (χ1n) is 3.42. The van der Waals surface area contributed by atoms with Gasteiger partial charge in [-0.1, -0.05) is 0 Å². The van der Waals surface area contributed by atoms with E-state index in [-0.39, 0.29) is 23.7 Å². The second kappa shape index (κ2) is 5.07. The summed E-state index contributed by atoms with van der Waals surface area (Å²) in [5.41, 5.74) is 5.92. The molecule has 0 unspecified atom stereocenters. The van der Waals surface area contributed by atoms with Crippen LogP contribution in [0, 0.1) is 0 Å². The number of nitrogens with two attached hydrogens (primary N) is 1. The number of benzene rings is 1. The van der Waals surface area contributed by atoms with Crippen LogP contribution in [0.15, 0.2) is 16.6 Å². The molecule has 4 nitrogen and oxygen atoms in total. The summed E-state index contributed by atoms with van der Waals surface area (Å²) in [6.45, 7) is 0. The molecule has 0 radical (unpaired) electrons. The highest BCUT2D eigenvalue weighted by Crippen LogP contribution is 2.28. The van der Waals surface area contributed by atoms with Gasteiger partial charge in [0, 0.05) is 16.2 Å². The molecular weight excluding hydrogens is 273 g/mol. The van der Waals surface area contributed by atoms with Crippen molar-refractivity contribution in [2.45, 2.75) is 0 Å². The van der Waals surface area contributed by atoms with E-state index in [1.54, 1.807) is 0 Å². The van der Waals surface area contributed by atoms with Crippen LogP contribution in [-0.4, -0.2) is 18.2 Å². The van der Waals surface area contributed by atoms with Gasteiger partial charge in [-0.25, -0.2) is 4.79 Å². The fourth-order valence-electron chi connectivity index (χ4n) is 0.851. The van der Waals surface area contributed by atoms with E-state index in [0.29, 0.717) is 10.2 Å². The molecule has 78 valence electrons. The summed E-state index contributed by atoms with van der Waals surface area (Å²) in [7, 11) is 1.24. The predicted molar refractivity (Wildman–Crippen MR) is 58.8 cm³/mol. The summed E-state index contributed by atoms with van der Waals surface area (Å²) in [6.07, 6.45) is 0. The van der Waals surface area contributed by atoms with E-state index in [2.05, 4.69) is 20.7 Å². The van der Waals surface area contributed by atoms with Gasteiger partial charge in [0.05, 0.1) is 7.11 Å². The van der Waals surface area contributed by atoms with Gasteiger partial charge in [-0.2, -0.15) is 0 Å². The van der Waals surface area contributed by atoms with Crippen molar-refractivity contribution in [1.82, 2.24) is 0 Å². The number of methoxy groups -OCH3 is 1. The molecule has 0 bridgehead atoms. The standard InChI is InChI=1S/C8H8BrNO3.ClH/c1-13-8(12)4-2-5(9)6(10)3-7(4)11;/h2-3,11H,10H2,1H3;1H. The van der Waals surface area contributed by atoms with Gasteiger partial charge in [0.1, 0.15) is 11.3 Å². The van der Waals surface area contributed by atoms with Gasteiger partial charge in [0.2, 0.25) is 0 Å². The average Bonchev–Trinajstić information content (AvgIpc) is 2.10. The van der Waals surface area contributed by atoms with Gasteiger partial charge in [-0.15, -0.1) is 12.4 Å². The van der Waals surface area contributed by atoms with Gasteiger partial charge in [-0.05, 0) is 22.0 Å². The first kappa shape index (κ1) is 13.1. The fraction of sp³-hybridized carbons (Fsp3) is 0.125. The number of anilines is 1. The maximum atomic E-state index is 11.1. The highest BCUT2D eigenvalue weighted by molar-refractivity contribution is 9.10. The molecule has 0 aliphatic heterocycles. The summed E-state index contributed by atoms with van der Waals surface area (Å²) in [4.78, 5) is 11.1. The Labute approximate surface area is 95.6 Å². The van der Waals surface area contributed by atoms with Crippen LogP contribution in [0.2, 0.25) is 0 Å². The molecule has 1 aromatic rings. The van der Waals surface area contributed by atoms with Crippen molar-refractivity contribution in [1.29, 1.82) is 0 Å². The largest absolute Gasteiger partial charge is 0.507 e. The van der Waals surface area contributed by atoms with E-state index in [1.165, 1.54) is 19.2 Å². The number of nitrogen functional groups attached to an aromatic ring is 1. The topological polar surface area (TPSA) is 72.5 Å². The lowest BCUT2D eigenvalue weighted by molar-refractivity contribution is 0.0597. The molecule has 0 fully saturated rings. The lowest BCUT2D eigenvalue weighted by Crippen LogP contribution is -2.02. The number of aromatic hydroxyl groups is 1. The second-order valence-electron chi connectivity index (χ2n) is 2.38. The number of hydrogen-bond donors (Lipinski definition) is 2. The lowest BCUT2D eigenvalue weighted by atomic mass is 10.2. The van der Waals surface area contributed by atoms with Crippen LogP contribution in [-0.2, 0) is 4.74 Å². The first-order chi connectivity index (χ1) is 6.06. The summed E-state index contributed by atoms with van der Waals surface area (Å²) >= 11 is 3.13. The maximum Gasteiger partial charge on any atom is 0.341 e. The molecule has 1 aromatic carbocycles. The SMILES string of the molecule is COC(=O)c1cc(Br)c(N)cc1O.Cl. The number of carbonyl (C=O) groups is 1. The van der Waals surface area contributed by atoms with Gasteiger partial charge in [0.15, 0.2) is 0 Å². The van der Waals surface area contributed by atoms with Crippen LogP contribution in [0.25, 0.3) is 0 Å². The number of phenols is 1. The highest BCUT2D eigenvalue weighted by Gasteiger charge is 2.13. The smallest absolute Gasteiger partial charge is 0.341 e. The van der Waals surface area contributed by atoms with Crippen LogP contribution in [0.1, 0.15) is 10.4 Å². The third-order valence-corrected chi connectivity index (χ3v) is 2.21. The Morgan fingerprint density at radius 2 is 2.14 bits per heavy atom. The predicted octanol–water partition coefficient (Wildman–Crippen LogP) is 1.95.